The summed E-state index contributed by atoms with van der Waals surface area (Å²) in [5.41, 5.74) is 0.0657. The summed E-state index contributed by atoms with van der Waals surface area (Å²) in [4.78, 5) is 29.6. The number of aromatic nitrogens is 1. The number of aliphatic hydroxyl groups is 1. The monoisotopic (exact) mass is 476 g/mol. The van der Waals surface area contributed by atoms with Gasteiger partial charge in [-0.3, -0.25) is 9.78 Å². The summed E-state index contributed by atoms with van der Waals surface area (Å²) in [6, 6.07) is 5.08. The number of piperidine rings is 1. The van der Waals surface area contributed by atoms with E-state index in [2.05, 4.69) is 4.98 Å². The molecule has 3 atom stereocenters. The standard InChI is InChI=1S/C25H33FN2O6/c1-25(2,3)34-24(32)28-10-9-15(16(14-28)11-22(30)31)5-8-21(29)23-18-12-17(33-4)6-7-20(18)27-13-19(23)26/h6-7,12-13,15-16,21,29H,5,8-11,14H2,1-4H3,(H,30,31)/t15-,16+,21+/m1/s1. The molecule has 2 N–H and O–H groups in total. The number of pyridine rings is 1. The van der Waals surface area contributed by atoms with Gasteiger partial charge in [-0.2, -0.15) is 0 Å². The highest BCUT2D eigenvalue weighted by Crippen LogP contribution is 2.36. The molecular formula is C25H33FN2O6. The van der Waals surface area contributed by atoms with Gasteiger partial charge in [0.25, 0.3) is 0 Å². The normalized spacial score (nSPS) is 19.6. The lowest BCUT2D eigenvalue weighted by atomic mass is 9.79. The molecule has 34 heavy (non-hydrogen) atoms. The highest BCUT2D eigenvalue weighted by atomic mass is 19.1. The zero-order chi connectivity index (χ0) is 25.0. The highest BCUT2D eigenvalue weighted by Gasteiger charge is 2.35. The molecule has 1 fully saturated rings. The van der Waals surface area contributed by atoms with Gasteiger partial charge in [-0.05, 0) is 70.1 Å². The van der Waals surface area contributed by atoms with E-state index >= 15 is 0 Å². The Labute approximate surface area is 198 Å². The number of carboxylic acids is 1. The summed E-state index contributed by atoms with van der Waals surface area (Å²) < 4.78 is 25.4. The average molecular weight is 477 g/mol. The summed E-state index contributed by atoms with van der Waals surface area (Å²) in [5, 5.41) is 20.8. The van der Waals surface area contributed by atoms with Gasteiger partial charge in [0.05, 0.1) is 31.3 Å². The van der Waals surface area contributed by atoms with Crippen LogP contribution >= 0.6 is 0 Å². The van der Waals surface area contributed by atoms with Gasteiger partial charge in [-0.1, -0.05) is 0 Å². The zero-order valence-electron chi connectivity index (χ0n) is 20.1. The topological polar surface area (TPSA) is 109 Å². The molecule has 2 heterocycles. The number of aliphatic hydroxyl groups excluding tert-OH is 1. The van der Waals surface area contributed by atoms with Crippen molar-refractivity contribution >= 4 is 23.0 Å². The number of carbonyl (C=O) groups is 2. The van der Waals surface area contributed by atoms with E-state index in [1.165, 1.54) is 7.11 Å². The number of rotatable bonds is 7. The molecule has 1 aliphatic heterocycles. The largest absolute Gasteiger partial charge is 0.497 e. The fourth-order valence-corrected chi connectivity index (χ4v) is 4.56. The second-order valence-corrected chi connectivity index (χ2v) is 9.83. The number of methoxy groups -OCH3 is 1. The van der Waals surface area contributed by atoms with Crippen molar-refractivity contribution in [3.05, 3.63) is 35.8 Å². The van der Waals surface area contributed by atoms with E-state index in [1.807, 2.05) is 0 Å². The number of aliphatic carboxylic acids is 1. The molecular weight excluding hydrogens is 443 g/mol. The summed E-state index contributed by atoms with van der Waals surface area (Å²) in [7, 11) is 1.51. The fraction of sp³-hybridized carbons (Fsp3) is 0.560. The molecule has 0 unspecified atom stereocenters. The van der Waals surface area contributed by atoms with E-state index in [0.29, 0.717) is 36.0 Å². The van der Waals surface area contributed by atoms with Crippen molar-refractivity contribution in [1.82, 2.24) is 9.88 Å². The molecule has 3 rings (SSSR count). The number of hydrogen-bond donors (Lipinski definition) is 2. The molecule has 1 saturated heterocycles. The molecule has 1 aromatic heterocycles. The van der Waals surface area contributed by atoms with Crippen LogP contribution in [0.3, 0.4) is 0 Å². The van der Waals surface area contributed by atoms with Crippen LogP contribution in [0.4, 0.5) is 9.18 Å². The van der Waals surface area contributed by atoms with E-state index < -0.39 is 29.6 Å². The third-order valence-corrected chi connectivity index (χ3v) is 6.19. The maximum atomic E-state index is 14.7. The lowest BCUT2D eigenvalue weighted by Crippen LogP contribution is -2.46. The number of carbonyl (C=O) groups excluding carboxylic acids is 1. The maximum Gasteiger partial charge on any atom is 0.410 e. The molecule has 0 aliphatic carbocycles. The van der Waals surface area contributed by atoms with Crippen LogP contribution in [0.1, 0.15) is 58.1 Å². The Kier molecular flexibility index (Phi) is 7.97. The minimum atomic E-state index is -1.09. The fourth-order valence-electron chi connectivity index (χ4n) is 4.56. The Balaban J connectivity index is 1.73. The van der Waals surface area contributed by atoms with E-state index in [9.17, 15) is 24.2 Å². The lowest BCUT2D eigenvalue weighted by molar-refractivity contribution is -0.139. The number of ether oxygens (including phenoxy) is 2. The first kappa shape index (κ1) is 25.7. The SMILES string of the molecule is COc1ccc2ncc(F)c([C@@H](O)CC[C@@H]3CCN(C(=O)OC(C)(C)C)C[C@@H]3CC(=O)O)c2c1. The van der Waals surface area contributed by atoms with Gasteiger partial charge in [0.1, 0.15) is 17.2 Å². The van der Waals surface area contributed by atoms with Gasteiger partial charge in [-0.15, -0.1) is 0 Å². The number of likely N-dealkylation sites (tertiary alicyclic amines) is 1. The van der Waals surface area contributed by atoms with Crippen LogP contribution in [0.15, 0.2) is 24.4 Å². The summed E-state index contributed by atoms with van der Waals surface area (Å²) in [6.45, 7) is 6.06. The van der Waals surface area contributed by atoms with Crippen molar-refractivity contribution in [1.29, 1.82) is 0 Å². The van der Waals surface area contributed by atoms with E-state index in [1.54, 1.807) is 43.9 Å². The van der Waals surface area contributed by atoms with E-state index in [4.69, 9.17) is 9.47 Å². The predicted octanol–water partition coefficient (Wildman–Crippen LogP) is 4.54. The number of nitrogens with zero attached hydrogens (tertiary/aromatic N) is 2. The van der Waals surface area contributed by atoms with Crippen molar-refractivity contribution in [3.8, 4) is 5.75 Å². The van der Waals surface area contributed by atoms with Crippen molar-refractivity contribution in [2.24, 2.45) is 11.8 Å². The summed E-state index contributed by atoms with van der Waals surface area (Å²) in [6.07, 6.45) is 0.781. The highest BCUT2D eigenvalue weighted by molar-refractivity contribution is 5.84. The molecule has 0 spiro atoms. The van der Waals surface area contributed by atoms with Gasteiger partial charge in [0.2, 0.25) is 0 Å². The molecule has 1 amide bonds. The number of hydrogen-bond acceptors (Lipinski definition) is 6. The Morgan fingerprint density at radius 1 is 1.29 bits per heavy atom. The summed E-state index contributed by atoms with van der Waals surface area (Å²) in [5.74, 6) is -1.33. The Morgan fingerprint density at radius 3 is 2.68 bits per heavy atom. The van der Waals surface area contributed by atoms with Crippen LogP contribution in [-0.2, 0) is 9.53 Å². The molecule has 2 aromatic rings. The Hall–Kier alpha value is -2.94. The first-order valence-electron chi connectivity index (χ1n) is 11.5. The first-order chi connectivity index (χ1) is 16.0. The Morgan fingerprint density at radius 2 is 2.03 bits per heavy atom. The second kappa shape index (κ2) is 10.5. The van der Waals surface area contributed by atoms with Crippen LogP contribution in [0.2, 0.25) is 0 Å². The molecule has 1 aliphatic rings. The van der Waals surface area contributed by atoms with E-state index in [-0.39, 0.29) is 36.8 Å². The quantitative estimate of drug-likeness (QED) is 0.604. The lowest BCUT2D eigenvalue weighted by Gasteiger charge is -2.39. The third kappa shape index (κ3) is 6.34. The van der Waals surface area contributed by atoms with Crippen LogP contribution in [0, 0.1) is 17.7 Å². The number of benzene rings is 1. The van der Waals surface area contributed by atoms with Crippen LogP contribution in [0.5, 0.6) is 5.75 Å². The first-order valence-corrected chi connectivity index (χ1v) is 11.5. The van der Waals surface area contributed by atoms with Crippen LogP contribution in [-0.4, -0.2) is 58.0 Å². The minimum absolute atomic E-state index is 0.0323. The molecule has 8 nitrogen and oxygen atoms in total. The van der Waals surface area contributed by atoms with Crippen LogP contribution in [0.25, 0.3) is 10.9 Å². The number of carboxylic acid groups (broad SMARTS) is 1. The molecule has 0 bridgehead atoms. The van der Waals surface area contributed by atoms with Crippen molar-refractivity contribution < 1.29 is 33.7 Å². The smallest absolute Gasteiger partial charge is 0.410 e. The summed E-state index contributed by atoms with van der Waals surface area (Å²) >= 11 is 0. The van der Waals surface area contributed by atoms with Gasteiger partial charge >= 0.3 is 12.1 Å². The van der Waals surface area contributed by atoms with Crippen molar-refractivity contribution in [3.63, 3.8) is 0 Å². The number of fused-ring (bicyclic) bond motifs is 1. The predicted molar refractivity (Wildman–Crippen MR) is 124 cm³/mol. The van der Waals surface area contributed by atoms with Gasteiger partial charge < -0.3 is 24.6 Å². The second-order valence-electron chi connectivity index (χ2n) is 9.83. The van der Waals surface area contributed by atoms with Crippen LogP contribution < -0.4 is 4.74 Å². The minimum Gasteiger partial charge on any atom is -0.497 e. The molecule has 1 aromatic carbocycles. The average Bonchev–Trinajstić information content (AvgIpc) is 2.75. The molecule has 0 saturated carbocycles. The molecule has 186 valence electrons. The van der Waals surface area contributed by atoms with Gasteiger partial charge in [0.15, 0.2) is 0 Å². The third-order valence-electron chi connectivity index (χ3n) is 6.19. The van der Waals surface area contributed by atoms with Gasteiger partial charge in [0, 0.05) is 24.0 Å². The van der Waals surface area contributed by atoms with Crippen molar-refractivity contribution in [2.45, 2.75) is 58.2 Å². The van der Waals surface area contributed by atoms with Gasteiger partial charge in [-0.25, -0.2) is 9.18 Å². The molecule has 0 radical (unpaired) electrons. The van der Waals surface area contributed by atoms with Crippen molar-refractivity contribution in [2.75, 3.05) is 20.2 Å². The molecule has 9 heteroatoms. The number of amides is 1. The van der Waals surface area contributed by atoms with E-state index in [0.717, 1.165) is 6.20 Å². The zero-order valence-corrected chi connectivity index (χ0v) is 20.1. The Bertz CT molecular complexity index is 1040. The number of halogens is 1. The maximum absolute atomic E-state index is 14.7.